The highest BCUT2D eigenvalue weighted by Gasteiger charge is 2.28. The highest BCUT2D eigenvalue weighted by atomic mass is 79.9. The van der Waals surface area contributed by atoms with Crippen molar-refractivity contribution in [1.82, 2.24) is 9.78 Å². The molecule has 130 valence electrons. The van der Waals surface area contributed by atoms with Crippen LogP contribution in [-0.4, -0.2) is 14.9 Å². The van der Waals surface area contributed by atoms with Gasteiger partial charge in [-0.05, 0) is 65.2 Å². The number of hydrogen-bond donors (Lipinski definition) is 1. The third kappa shape index (κ3) is 3.50. The Morgan fingerprint density at radius 2 is 1.40 bits per heavy atom. The zero-order valence-electron chi connectivity index (χ0n) is 13.7. The fourth-order valence-corrected chi connectivity index (χ4v) is 3.13. The Kier molecular flexibility index (Phi) is 5.01. The number of aryl methyl sites for hydroxylation is 1. The number of nitrogens with zero attached hydrogens (tertiary/aromatic N) is 2. The first-order chi connectivity index (χ1) is 11.9. The summed E-state index contributed by atoms with van der Waals surface area (Å²) in [4.78, 5) is 0. The largest absolute Gasteiger partial charge is 0.386 e. The second-order valence-electron chi connectivity index (χ2n) is 5.92. The number of hydrogen-bond acceptors (Lipinski definition) is 2. The molecule has 0 aliphatic carbocycles. The van der Waals surface area contributed by atoms with Gasteiger partial charge < -0.3 is 5.11 Å². The molecule has 25 heavy (non-hydrogen) atoms. The summed E-state index contributed by atoms with van der Waals surface area (Å²) in [6.07, 6.45) is -0.976. The maximum atomic E-state index is 13.3. The molecule has 0 aliphatic heterocycles. The molecule has 3 aromatic rings. The van der Waals surface area contributed by atoms with Gasteiger partial charge in [0, 0.05) is 0 Å². The number of benzene rings is 2. The predicted molar refractivity (Wildman–Crippen MR) is 95.3 cm³/mol. The van der Waals surface area contributed by atoms with Crippen molar-refractivity contribution >= 4 is 15.9 Å². The molecule has 0 fully saturated rings. The summed E-state index contributed by atoms with van der Waals surface area (Å²) in [5.41, 5.74) is 2.89. The molecule has 3 nitrogen and oxygen atoms in total. The van der Waals surface area contributed by atoms with Gasteiger partial charge >= 0.3 is 0 Å². The lowest BCUT2D eigenvalue weighted by molar-refractivity contribution is 0.124. The minimum atomic E-state index is -0.976. The van der Waals surface area contributed by atoms with Crippen molar-refractivity contribution in [3.8, 4) is 0 Å². The topological polar surface area (TPSA) is 38.0 Å². The molecule has 0 spiro atoms. The van der Waals surface area contributed by atoms with Crippen molar-refractivity contribution in [2.75, 3.05) is 0 Å². The van der Waals surface area contributed by atoms with Gasteiger partial charge in [-0.1, -0.05) is 24.3 Å². The van der Waals surface area contributed by atoms with Crippen molar-refractivity contribution < 1.29 is 13.9 Å². The van der Waals surface area contributed by atoms with Gasteiger partial charge in [0.05, 0.1) is 15.9 Å². The SMILES string of the molecule is Cc1nn([C@H](c2ccc(F)cc2)[C@H](O)c2ccc(F)cc2)c(C)c1Br. The van der Waals surface area contributed by atoms with Crippen LogP contribution in [0.3, 0.4) is 0 Å². The molecule has 0 unspecified atom stereocenters. The first-order valence-electron chi connectivity index (χ1n) is 7.78. The molecule has 1 N–H and O–H groups in total. The lowest BCUT2D eigenvalue weighted by atomic mass is 9.95. The van der Waals surface area contributed by atoms with E-state index in [1.54, 1.807) is 16.8 Å². The normalized spacial score (nSPS) is 13.7. The average molecular weight is 407 g/mol. The molecular weight excluding hydrogens is 390 g/mol. The smallest absolute Gasteiger partial charge is 0.123 e. The predicted octanol–water partition coefficient (Wildman–Crippen LogP) is 4.86. The first-order valence-corrected chi connectivity index (χ1v) is 8.58. The van der Waals surface area contributed by atoms with Crippen molar-refractivity contribution in [2.24, 2.45) is 0 Å². The molecule has 0 amide bonds. The Hall–Kier alpha value is -2.05. The van der Waals surface area contributed by atoms with Crippen LogP contribution in [0.2, 0.25) is 0 Å². The van der Waals surface area contributed by atoms with Gasteiger partial charge in [-0.25, -0.2) is 8.78 Å². The van der Waals surface area contributed by atoms with Crippen LogP contribution in [0.5, 0.6) is 0 Å². The summed E-state index contributed by atoms with van der Waals surface area (Å²) in [6, 6.07) is 11.1. The Bertz CT molecular complexity index is 876. The summed E-state index contributed by atoms with van der Waals surface area (Å²) in [7, 11) is 0. The van der Waals surface area contributed by atoms with Crippen LogP contribution in [0.25, 0.3) is 0 Å². The van der Waals surface area contributed by atoms with E-state index in [1.165, 1.54) is 36.4 Å². The summed E-state index contributed by atoms with van der Waals surface area (Å²) < 4.78 is 29.1. The standard InChI is InChI=1S/C19H17BrF2N2O/c1-11-17(20)12(2)24(23-11)18(13-3-7-15(21)8-4-13)19(25)14-5-9-16(22)10-6-14/h3-10,18-19,25H,1-2H3/t18-,19-/m1/s1. The number of halogens is 3. The van der Waals surface area contributed by atoms with E-state index in [9.17, 15) is 13.9 Å². The quantitative estimate of drug-likeness (QED) is 0.671. The summed E-state index contributed by atoms with van der Waals surface area (Å²) >= 11 is 3.49. The second kappa shape index (κ2) is 7.06. The van der Waals surface area contributed by atoms with Gasteiger partial charge in [0.1, 0.15) is 23.8 Å². The van der Waals surface area contributed by atoms with Crippen LogP contribution in [0.1, 0.15) is 34.7 Å². The zero-order chi connectivity index (χ0) is 18.1. The van der Waals surface area contributed by atoms with Gasteiger partial charge in [0.2, 0.25) is 0 Å². The minimum Gasteiger partial charge on any atom is -0.386 e. The van der Waals surface area contributed by atoms with Crippen molar-refractivity contribution in [3.05, 3.63) is 87.2 Å². The third-order valence-electron chi connectivity index (χ3n) is 4.22. The van der Waals surface area contributed by atoms with E-state index in [1.807, 2.05) is 13.8 Å². The van der Waals surface area contributed by atoms with E-state index in [0.717, 1.165) is 15.9 Å². The van der Waals surface area contributed by atoms with Crippen LogP contribution in [-0.2, 0) is 0 Å². The molecule has 3 rings (SSSR count). The molecule has 0 aliphatic rings. The first kappa shape index (κ1) is 17.8. The molecule has 1 aromatic heterocycles. The second-order valence-corrected chi connectivity index (χ2v) is 6.72. The fourth-order valence-electron chi connectivity index (χ4n) is 2.87. The Labute approximate surface area is 153 Å². The van der Waals surface area contributed by atoms with Crippen LogP contribution in [0.15, 0.2) is 53.0 Å². The number of aliphatic hydroxyl groups excluding tert-OH is 1. The highest BCUT2D eigenvalue weighted by Crippen LogP contribution is 2.35. The van der Waals surface area contributed by atoms with Crippen LogP contribution >= 0.6 is 15.9 Å². The third-order valence-corrected chi connectivity index (χ3v) is 5.37. The van der Waals surface area contributed by atoms with E-state index < -0.39 is 12.1 Å². The maximum absolute atomic E-state index is 13.3. The minimum absolute atomic E-state index is 0.353. The molecule has 0 bridgehead atoms. The van der Waals surface area contributed by atoms with Crippen molar-refractivity contribution in [2.45, 2.75) is 26.0 Å². The van der Waals surface area contributed by atoms with Gasteiger partial charge in [-0.2, -0.15) is 5.10 Å². The Morgan fingerprint density at radius 3 is 1.84 bits per heavy atom. The Morgan fingerprint density at radius 1 is 0.920 bits per heavy atom. The number of aliphatic hydroxyl groups is 1. The molecule has 0 saturated carbocycles. The van der Waals surface area contributed by atoms with Crippen LogP contribution in [0.4, 0.5) is 8.78 Å². The van der Waals surface area contributed by atoms with Gasteiger partial charge in [0.15, 0.2) is 0 Å². The molecule has 0 saturated heterocycles. The Balaban J connectivity index is 2.12. The average Bonchev–Trinajstić information content (AvgIpc) is 2.85. The monoisotopic (exact) mass is 406 g/mol. The van der Waals surface area contributed by atoms with Crippen LogP contribution < -0.4 is 0 Å². The maximum Gasteiger partial charge on any atom is 0.123 e. The highest BCUT2D eigenvalue weighted by molar-refractivity contribution is 9.10. The van der Waals surface area contributed by atoms with Gasteiger partial charge in [-0.3, -0.25) is 4.68 Å². The van der Waals surface area contributed by atoms with Gasteiger partial charge in [-0.15, -0.1) is 0 Å². The van der Waals surface area contributed by atoms with Crippen LogP contribution in [0, 0.1) is 25.5 Å². The van der Waals surface area contributed by atoms with E-state index >= 15 is 0 Å². The van der Waals surface area contributed by atoms with E-state index in [-0.39, 0.29) is 11.6 Å². The number of rotatable bonds is 4. The molecule has 1 heterocycles. The van der Waals surface area contributed by atoms with E-state index in [0.29, 0.717) is 11.1 Å². The molecule has 2 aromatic carbocycles. The molecule has 0 radical (unpaired) electrons. The molecule has 6 heteroatoms. The van der Waals surface area contributed by atoms with Crippen molar-refractivity contribution in [1.29, 1.82) is 0 Å². The number of aromatic nitrogens is 2. The van der Waals surface area contributed by atoms with E-state index in [4.69, 9.17) is 0 Å². The van der Waals surface area contributed by atoms with E-state index in [2.05, 4.69) is 21.0 Å². The molecular formula is C19H17BrF2N2O. The summed E-state index contributed by atoms with van der Waals surface area (Å²) in [5.74, 6) is -0.725. The van der Waals surface area contributed by atoms with Crippen molar-refractivity contribution in [3.63, 3.8) is 0 Å². The lowest BCUT2D eigenvalue weighted by Crippen LogP contribution is -2.21. The zero-order valence-corrected chi connectivity index (χ0v) is 15.3. The molecule has 2 atom stereocenters. The summed E-state index contributed by atoms with van der Waals surface area (Å²) in [6.45, 7) is 3.75. The summed E-state index contributed by atoms with van der Waals surface area (Å²) in [5, 5.41) is 15.5. The fraction of sp³-hybridized carbons (Fsp3) is 0.211. The van der Waals surface area contributed by atoms with Gasteiger partial charge in [0.25, 0.3) is 0 Å². The lowest BCUT2D eigenvalue weighted by Gasteiger charge is -2.25.